The van der Waals surface area contributed by atoms with Crippen molar-refractivity contribution < 1.29 is 37.3 Å². The first-order valence-corrected chi connectivity index (χ1v) is 10.6. The van der Waals surface area contributed by atoms with E-state index in [1.165, 1.54) is 18.1 Å². The maximum Gasteiger partial charge on any atom is 0.433 e. The summed E-state index contributed by atoms with van der Waals surface area (Å²) in [4.78, 5) is 35.0. The van der Waals surface area contributed by atoms with Crippen LogP contribution >= 0.6 is 0 Å². The number of benzene rings is 1. The van der Waals surface area contributed by atoms with Crippen LogP contribution in [0.3, 0.4) is 0 Å². The van der Waals surface area contributed by atoms with Gasteiger partial charge >= 0.3 is 12.3 Å². The number of carbonyl (C=O) groups is 2. The summed E-state index contributed by atoms with van der Waals surface area (Å²) in [5.41, 5.74) is -0.285. The summed E-state index contributed by atoms with van der Waals surface area (Å²) < 4.78 is 48.7. The van der Waals surface area contributed by atoms with E-state index in [1.807, 2.05) is 0 Å². The van der Waals surface area contributed by atoms with Crippen molar-refractivity contribution >= 4 is 22.9 Å². The van der Waals surface area contributed by atoms with Gasteiger partial charge in [0, 0.05) is 32.1 Å². The number of rotatable bonds is 5. The molecule has 2 amide bonds. The molecule has 0 radical (unpaired) electrons. The lowest BCUT2D eigenvalue weighted by Crippen LogP contribution is -2.57. The normalized spacial score (nSPS) is 16.4. The smallest absolute Gasteiger partial charge is 0.433 e. The second kappa shape index (κ2) is 9.74. The van der Waals surface area contributed by atoms with Crippen molar-refractivity contribution in [2.24, 2.45) is 0 Å². The van der Waals surface area contributed by atoms with Gasteiger partial charge in [0.1, 0.15) is 22.9 Å². The van der Waals surface area contributed by atoms with Gasteiger partial charge < -0.3 is 19.5 Å². The quantitative estimate of drug-likeness (QED) is 0.579. The SMILES string of the molecule is COC[C@@H]1CN(C(=O)c2ccc3cc(Oc4ccc(C(F)(F)F)nc4)ccc3n2)CCN1C(=O)O. The minimum absolute atomic E-state index is 0.142. The van der Waals surface area contributed by atoms with Crippen LogP contribution in [0.25, 0.3) is 10.9 Å². The first-order valence-electron chi connectivity index (χ1n) is 10.6. The van der Waals surface area contributed by atoms with E-state index >= 15 is 0 Å². The zero-order valence-corrected chi connectivity index (χ0v) is 18.5. The van der Waals surface area contributed by atoms with Crippen LogP contribution in [0.15, 0.2) is 48.7 Å². The topological polar surface area (TPSA) is 105 Å². The van der Waals surface area contributed by atoms with E-state index in [0.29, 0.717) is 16.7 Å². The van der Waals surface area contributed by atoms with Gasteiger partial charge in [0.15, 0.2) is 0 Å². The molecule has 35 heavy (non-hydrogen) atoms. The molecule has 1 atom stereocenters. The number of pyridine rings is 2. The largest absolute Gasteiger partial charge is 0.465 e. The van der Waals surface area contributed by atoms with Gasteiger partial charge in [-0.2, -0.15) is 13.2 Å². The molecule has 1 aliphatic rings. The Bertz CT molecular complexity index is 1240. The molecule has 1 N–H and O–H groups in total. The fourth-order valence-electron chi connectivity index (χ4n) is 3.82. The molecule has 0 unspecified atom stereocenters. The lowest BCUT2D eigenvalue weighted by atomic mass is 10.1. The summed E-state index contributed by atoms with van der Waals surface area (Å²) in [7, 11) is 1.47. The molecule has 184 valence electrons. The predicted octanol–water partition coefficient (Wildman–Crippen LogP) is 3.89. The second-order valence-electron chi connectivity index (χ2n) is 7.87. The zero-order valence-electron chi connectivity index (χ0n) is 18.5. The molecule has 0 saturated carbocycles. The van der Waals surface area contributed by atoms with E-state index in [4.69, 9.17) is 9.47 Å². The van der Waals surface area contributed by atoms with Crippen molar-refractivity contribution in [1.29, 1.82) is 0 Å². The maximum atomic E-state index is 13.0. The molecule has 0 spiro atoms. The Labute approximate surface area is 197 Å². The van der Waals surface area contributed by atoms with E-state index in [0.717, 1.165) is 12.3 Å². The van der Waals surface area contributed by atoms with E-state index in [-0.39, 0.29) is 43.6 Å². The van der Waals surface area contributed by atoms with E-state index < -0.39 is 24.0 Å². The Morgan fingerprint density at radius 3 is 2.54 bits per heavy atom. The molecule has 1 fully saturated rings. The fraction of sp³-hybridized carbons (Fsp3) is 0.304. The summed E-state index contributed by atoms with van der Waals surface area (Å²) in [6.07, 6.45) is -4.60. The van der Waals surface area contributed by atoms with Gasteiger partial charge in [-0.15, -0.1) is 0 Å². The standard InChI is InChI=1S/C23H21F3N4O5/c1-34-13-15-12-29(8-9-30(15)22(32)33)21(31)19-5-2-14-10-16(3-6-18(14)28-19)35-17-4-7-20(27-11-17)23(24,25)26/h2-7,10-11,15H,8-9,12-13H2,1H3,(H,32,33)/t15-/m0/s1. The van der Waals surface area contributed by atoms with Crippen molar-refractivity contribution in [3.63, 3.8) is 0 Å². The number of methoxy groups -OCH3 is 1. The summed E-state index contributed by atoms with van der Waals surface area (Å²) in [5.74, 6) is 0.185. The van der Waals surface area contributed by atoms with Gasteiger partial charge in [0.05, 0.1) is 24.4 Å². The Morgan fingerprint density at radius 1 is 1.11 bits per heavy atom. The highest BCUT2D eigenvalue weighted by Crippen LogP contribution is 2.30. The van der Waals surface area contributed by atoms with Crippen molar-refractivity contribution in [3.8, 4) is 11.5 Å². The predicted molar refractivity (Wildman–Crippen MR) is 117 cm³/mol. The Hall–Kier alpha value is -3.93. The van der Waals surface area contributed by atoms with Crippen LogP contribution in [0.2, 0.25) is 0 Å². The van der Waals surface area contributed by atoms with Crippen molar-refractivity contribution in [2.45, 2.75) is 12.2 Å². The number of halogens is 3. The highest BCUT2D eigenvalue weighted by molar-refractivity contribution is 5.95. The molecule has 0 bridgehead atoms. The van der Waals surface area contributed by atoms with Gasteiger partial charge in [-0.1, -0.05) is 6.07 Å². The lowest BCUT2D eigenvalue weighted by Gasteiger charge is -2.39. The van der Waals surface area contributed by atoms with E-state index in [1.54, 1.807) is 35.2 Å². The molecule has 0 aliphatic carbocycles. The van der Waals surface area contributed by atoms with Crippen molar-refractivity contribution in [3.05, 3.63) is 60.0 Å². The van der Waals surface area contributed by atoms with E-state index in [2.05, 4.69) is 9.97 Å². The first kappa shape index (κ1) is 24.2. The molecule has 3 aromatic rings. The van der Waals surface area contributed by atoms with Gasteiger partial charge in [-0.3, -0.25) is 9.69 Å². The average molecular weight is 490 g/mol. The lowest BCUT2D eigenvalue weighted by molar-refractivity contribution is -0.141. The van der Waals surface area contributed by atoms with Crippen LogP contribution in [0.5, 0.6) is 11.5 Å². The second-order valence-corrected chi connectivity index (χ2v) is 7.87. The fourth-order valence-corrected chi connectivity index (χ4v) is 3.82. The van der Waals surface area contributed by atoms with E-state index in [9.17, 15) is 27.9 Å². The minimum atomic E-state index is -4.53. The molecule has 2 aromatic heterocycles. The summed E-state index contributed by atoms with van der Waals surface area (Å²) in [5, 5.41) is 10.0. The van der Waals surface area contributed by atoms with Crippen LogP contribution < -0.4 is 4.74 Å². The van der Waals surface area contributed by atoms with Crippen LogP contribution in [0.1, 0.15) is 16.2 Å². The molecule has 1 aromatic carbocycles. The molecular formula is C23H21F3N4O5. The monoisotopic (exact) mass is 490 g/mol. The molecule has 1 saturated heterocycles. The summed E-state index contributed by atoms with van der Waals surface area (Å²) in [6.45, 7) is 0.756. The highest BCUT2D eigenvalue weighted by Gasteiger charge is 2.33. The number of piperazine rings is 1. The van der Waals surface area contributed by atoms with Crippen molar-refractivity contribution in [1.82, 2.24) is 19.8 Å². The number of nitrogens with zero attached hydrogens (tertiary/aromatic N) is 4. The number of hydrogen-bond donors (Lipinski definition) is 1. The Morgan fingerprint density at radius 2 is 1.89 bits per heavy atom. The third-order valence-electron chi connectivity index (χ3n) is 5.52. The third kappa shape index (κ3) is 5.43. The van der Waals surface area contributed by atoms with Gasteiger partial charge in [-0.25, -0.2) is 14.8 Å². The van der Waals surface area contributed by atoms with Gasteiger partial charge in [-0.05, 0) is 36.4 Å². The average Bonchev–Trinajstić information content (AvgIpc) is 2.83. The number of carboxylic acid groups (broad SMARTS) is 1. The number of fused-ring (bicyclic) bond motifs is 1. The minimum Gasteiger partial charge on any atom is -0.465 e. The van der Waals surface area contributed by atoms with Gasteiger partial charge in [0.2, 0.25) is 0 Å². The Balaban J connectivity index is 1.48. The van der Waals surface area contributed by atoms with Crippen molar-refractivity contribution in [2.75, 3.05) is 33.4 Å². The summed E-state index contributed by atoms with van der Waals surface area (Å²) >= 11 is 0. The summed E-state index contributed by atoms with van der Waals surface area (Å²) in [6, 6.07) is 9.65. The molecular weight excluding hydrogens is 469 g/mol. The molecule has 9 nitrogen and oxygen atoms in total. The van der Waals surface area contributed by atoms with Gasteiger partial charge in [0.25, 0.3) is 5.91 Å². The first-order chi connectivity index (χ1) is 16.7. The highest BCUT2D eigenvalue weighted by atomic mass is 19.4. The maximum absolute atomic E-state index is 13.0. The van der Waals surface area contributed by atoms with Crippen LogP contribution in [-0.2, 0) is 10.9 Å². The molecule has 3 heterocycles. The molecule has 1 aliphatic heterocycles. The number of amides is 2. The van der Waals surface area contributed by atoms with Crippen LogP contribution in [0.4, 0.5) is 18.0 Å². The number of carbonyl (C=O) groups excluding carboxylic acids is 1. The number of alkyl halides is 3. The number of hydrogen-bond acceptors (Lipinski definition) is 6. The Kier molecular flexibility index (Phi) is 6.74. The number of ether oxygens (including phenoxy) is 2. The van der Waals surface area contributed by atoms with Crippen LogP contribution in [0, 0.1) is 0 Å². The molecule has 12 heteroatoms. The zero-order chi connectivity index (χ0) is 25.2. The third-order valence-corrected chi connectivity index (χ3v) is 5.52. The van der Waals surface area contributed by atoms with Crippen LogP contribution in [-0.4, -0.2) is 76.3 Å². The number of aromatic nitrogens is 2. The molecule has 4 rings (SSSR count).